The van der Waals surface area contributed by atoms with Crippen molar-refractivity contribution in [1.82, 2.24) is 15.1 Å². The summed E-state index contributed by atoms with van der Waals surface area (Å²) in [6.07, 6.45) is 2.52. The van der Waals surface area contributed by atoms with Crippen LogP contribution in [0.2, 0.25) is 0 Å². The Labute approximate surface area is 156 Å². The normalized spacial score (nSPS) is 17.9. The molecule has 0 unspecified atom stereocenters. The van der Waals surface area contributed by atoms with Gasteiger partial charge in [-0.3, -0.25) is 9.59 Å². The summed E-state index contributed by atoms with van der Waals surface area (Å²) in [7, 11) is 0. The monoisotopic (exact) mass is 357 g/mol. The Morgan fingerprint density at radius 3 is 2.27 bits per heavy atom. The van der Waals surface area contributed by atoms with E-state index in [0.29, 0.717) is 19.0 Å². The van der Waals surface area contributed by atoms with Crippen molar-refractivity contribution in [2.75, 3.05) is 32.7 Å². The fraction of sp³-hybridized carbons (Fsp3) is 0.619. The number of carbonyl (C=O) groups excluding carboxylic acids is 2. The third-order valence-corrected chi connectivity index (χ3v) is 5.28. The third kappa shape index (κ3) is 4.64. The zero-order valence-corrected chi connectivity index (χ0v) is 16.3. The van der Waals surface area contributed by atoms with Gasteiger partial charge in [0.25, 0.3) is 5.91 Å². The third-order valence-electron chi connectivity index (χ3n) is 5.28. The molecule has 1 saturated carbocycles. The van der Waals surface area contributed by atoms with Crippen LogP contribution in [-0.2, 0) is 10.2 Å². The zero-order valence-electron chi connectivity index (χ0n) is 16.3. The lowest BCUT2D eigenvalue weighted by Crippen LogP contribution is -2.47. The van der Waals surface area contributed by atoms with E-state index in [9.17, 15) is 9.59 Å². The first kappa shape index (κ1) is 18.9. The number of rotatable bonds is 5. The van der Waals surface area contributed by atoms with Crippen molar-refractivity contribution in [3.8, 4) is 0 Å². The fourth-order valence-electron chi connectivity index (χ4n) is 3.40. The number of carbonyl (C=O) groups is 2. The molecule has 1 aromatic carbocycles. The van der Waals surface area contributed by atoms with Crippen molar-refractivity contribution >= 4 is 11.8 Å². The zero-order chi connectivity index (χ0) is 18.7. The SMILES string of the molecule is CC(C)(C)c1ccc(C(=O)N(CCC(=O)N2CCNCC2)C2CC2)cc1. The molecule has 142 valence electrons. The van der Waals surface area contributed by atoms with Crippen molar-refractivity contribution in [2.24, 2.45) is 0 Å². The average Bonchev–Trinajstić information content (AvgIpc) is 3.47. The summed E-state index contributed by atoms with van der Waals surface area (Å²) < 4.78 is 0. The Balaban J connectivity index is 1.62. The number of piperazine rings is 1. The van der Waals surface area contributed by atoms with Crippen molar-refractivity contribution in [2.45, 2.75) is 51.5 Å². The summed E-state index contributed by atoms with van der Waals surface area (Å²) in [5, 5.41) is 3.26. The standard InChI is InChI=1S/C21H31N3O2/c1-21(2,3)17-6-4-16(5-7-17)20(26)24(18-8-9-18)13-10-19(25)23-14-11-22-12-15-23/h4-7,18,22H,8-15H2,1-3H3. The van der Waals surface area contributed by atoms with E-state index >= 15 is 0 Å². The molecule has 1 N–H and O–H groups in total. The lowest BCUT2D eigenvalue weighted by atomic mass is 9.86. The molecule has 2 amide bonds. The molecule has 1 aromatic rings. The van der Waals surface area contributed by atoms with Gasteiger partial charge in [-0.15, -0.1) is 0 Å². The van der Waals surface area contributed by atoms with Crippen LogP contribution >= 0.6 is 0 Å². The molecule has 0 atom stereocenters. The minimum Gasteiger partial charge on any atom is -0.340 e. The van der Waals surface area contributed by atoms with E-state index in [1.807, 2.05) is 34.1 Å². The molecule has 0 aromatic heterocycles. The van der Waals surface area contributed by atoms with E-state index in [4.69, 9.17) is 0 Å². The number of hydrogen-bond donors (Lipinski definition) is 1. The fourth-order valence-corrected chi connectivity index (χ4v) is 3.40. The van der Waals surface area contributed by atoms with E-state index in [2.05, 4.69) is 26.1 Å². The molecule has 3 rings (SSSR count). The highest BCUT2D eigenvalue weighted by molar-refractivity contribution is 5.95. The van der Waals surface area contributed by atoms with Crippen LogP contribution in [0.3, 0.4) is 0 Å². The summed E-state index contributed by atoms with van der Waals surface area (Å²) in [6.45, 7) is 10.3. The minimum atomic E-state index is 0.0565. The maximum atomic E-state index is 13.0. The Morgan fingerprint density at radius 1 is 1.12 bits per heavy atom. The molecule has 5 heteroatoms. The Morgan fingerprint density at radius 2 is 1.73 bits per heavy atom. The smallest absolute Gasteiger partial charge is 0.254 e. The molecule has 0 spiro atoms. The van der Waals surface area contributed by atoms with Crippen LogP contribution in [0.5, 0.6) is 0 Å². The second-order valence-corrected chi connectivity index (χ2v) is 8.44. The van der Waals surface area contributed by atoms with Gasteiger partial charge in [0.15, 0.2) is 0 Å². The number of hydrogen-bond acceptors (Lipinski definition) is 3. The first-order chi connectivity index (χ1) is 12.4. The van der Waals surface area contributed by atoms with Crippen molar-refractivity contribution in [1.29, 1.82) is 0 Å². The van der Waals surface area contributed by atoms with E-state index in [0.717, 1.165) is 44.6 Å². The maximum Gasteiger partial charge on any atom is 0.254 e. The molecule has 26 heavy (non-hydrogen) atoms. The lowest BCUT2D eigenvalue weighted by Gasteiger charge is -2.29. The Kier molecular flexibility index (Phi) is 5.66. The summed E-state index contributed by atoms with van der Waals surface area (Å²) in [5.74, 6) is 0.217. The van der Waals surface area contributed by atoms with Crippen LogP contribution in [-0.4, -0.2) is 60.4 Å². The molecule has 5 nitrogen and oxygen atoms in total. The molecule has 0 radical (unpaired) electrons. The molecular formula is C21H31N3O2. The van der Waals surface area contributed by atoms with Gasteiger partial charge in [-0.05, 0) is 36.0 Å². The molecule has 0 bridgehead atoms. The quantitative estimate of drug-likeness (QED) is 0.880. The van der Waals surface area contributed by atoms with Crippen LogP contribution in [0, 0.1) is 0 Å². The number of nitrogens with one attached hydrogen (secondary N) is 1. The topological polar surface area (TPSA) is 52.7 Å². The minimum absolute atomic E-state index is 0.0565. The van der Waals surface area contributed by atoms with Crippen LogP contribution in [0.1, 0.15) is 56.0 Å². The van der Waals surface area contributed by atoms with Gasteiger partial charge in [0.1, 0.15) is 0 Å². The summed E-state index contributed by atoms with van der Waals surface area (Å²) in [5.41, 5.74) is 2.02. The van der Waals surface area contributed by atoms with E-state index in [1.54, 1.807) is 0 Å². The van der Waals surface area contributed by atoms with Crippen LogP contribution in [0.25, 0.3) is 0 Å². The summed E-state index contributed by atoms with van der Waals surface area (Å²) >= 11 is 0. The Bertz CT molecular complexity index is 638. The van der Waals surface area contributed by atoms with Crippen LogP contribution in [0.4, 0.5) is 0 Å². The second kappa shape index (κ2) is 7.78. The van der Waals surface area contributed by atoms with Gasteiger partial charge in [-0.1, -0.05) is 32.9 Å². The molecule has 1 aliphatic carbocycles. The molecule has 1 heterocycles. The predicted octanol–water partition coefficient (Wildman–Crippen LogP) is 2.41. The lowest BCUT2D eigenvalue weighted by molar-refractivity contribution is -0.131. The van der Waals surface area contributed by atoms with E-state index < -0.39 is 0 Å². The number of nitrogens with zero attached hydrogens (tertiary/aromatic N) is 2. The Hall–Kier alpha value is -1.88. The van der Waals surface area contributed by atoms with Gasteiger partial charge in [0.2, 0.25) is 5.91 Å². The average molecular weight is 357 g/mol. The highest BCUT2D eigenvalue weighted by Gasteiger charge is 2.33. The first-order valence-corrected chi connectivity index (χ1v) is 9.76. The van der Waals surface area contributed by atoms with Gasteiger partial charge in [-0.25, -0.2) is 0 Å². The predicted molar refractivity (Wildman–Crippen MR) is 103 cm³/mol. The number of amides is 2. The van der Waals surface area contributed by atoms with Gasteiger partial charge >= 0.3 is 0 Å². The van der Waals surface area contributed by atoms with Crippen molar-refractivity contribution in [3.05, 3.63) is 35.4 Å². The largest absolute Gasteiger partial charge is 0.340 e. The molecule has 1 aliphatic heterocycles. The van der Waals surface area contributed by atoms with E-state index in [1.165, 1.54) is 5.56 Å². The van der Waals surface area contributed by atoms with Gasteiger partial charge < -0.3 is 15.1 Å². The summed E-state index contributed by atoms with van der Waals surface area (Å²) in [6, 6.07) is 8.25. The highest BCUT2D eigenvalue weighted by atomic mass is 16.2. The molecule has 2 fully saturated rings. The van der Waals surface area contributed by atoms with Crippen molar-refractivity contribution < 1.29 is 9.59 Å². The molecule has 2 aliphatic rings. The summed E-state index contributed by atoms with van der Waals surface area (Å²) in [4.78, 5) is 29.2. The second-order valence-electron chi connectivity index (χ2n) is 8.44. The maximum absolute atomic E-state index is 13.0. The highest BCUT2D eigenvalue weighted by Crippen LogP contribution is 2.29. The molecular weight excluding hydrogens is 326 g/mol. The van der Waals surface area contributed by atoms with Crippen LogP contribution < -0.4 is 5.32 Å². The van der Waals surface area contributed by atoms with Gasteiger partial charge in [-0.2, -0.15) is 0 Å². The van der Waals surface area contributed by atoms with Gasteiger partial charge in [0.05, 0.1) is 0 Å². The molecule has 1 saturated heterocycles. The van der Waals surface area contributed by atoms with Gasteiger partial charge in [0, 0.05) is 50.7 Å². The first-order valence-electron chi connectivity index (χ1n) is 9.76. The van der Waals surface area contributed by atoms with Crippen LogP contribution in [0.15, 0.2) is 24.3 Å². The van der Waals surface area contributed by atoms with E-state index in [-0.39, 0.29) is 17.2 Å². The van der Waals surface area contributed by atoms with Crippen molar-refractivity contribution in [3.63, 3.8) is 0 Å². The number of benzene rings is 1.